The molecule has 0 saturated carbocycles. The normalized spacial score (nSPS) is 14.5. The number of hydrogen-bond donors (Lipinski definition) is 1. The summed E-state index contributed by atoms with van der Waals surface area (Å²) in [4.78, 5) is -0.720. The summed E-state index contributed by atoms with van der Waals surface area (Å²) in [6.07, 6.45) is -9.43. The van der Waals surface area contributed by atoms with Gasteiger partial charge < -0.3 is 0 Å². The summed E-state index contributed by atoms with van der Waals surface area (Å²) in [6, 6.07) is 2.89. The minimum absolute atomic E-state index is 0.267. The van der Waals surface area contributed by atoms with Crippen LogP contribution in [-0.4, -0.2) is 16.9 Å². The first-order chi connectivity index (χ1) is 8.50. The molecule has 1 atom stereocenters. The van der Waals surface area contributed by atoms with Crippen LogP contribution in [0, 0.1) is 6.92 Å². The predicted octanol–water partition coefficient (Wildman–Crippen LogP) is 3.19. The molecule has 0 aromatic heterocycles. The molecule has 1 aromatic carbocycles. The third-order valence-corrected chi connectivity index (χ3v) is 3.21. The van der Waals surface area contributed by atoms with E-state index < -0.39 is 40.3 Å². The first kappa shape index (κ1) is 16.0. The molecule has 1 rings (SSSR count). The number of rotatable bonds is 3. The van der Waals surface area contributed by atoms with Crippen molar-refractivity contribution >= 4 is 11.0 Å². The average Bonchev–Trinajstić information content (AvgIpc) is 2.23. The van der Waals surface area contributed by atoms with E-state index in [1.165, 1.54) is 17.7 Å². The van der Waals surface area contributed by atoms with E-state index >= 15 is 0 Å². The zero-order chi connectivity index (χ0) is 14.8. The van der Waals surface area contributed by atoms with Crippen LogP contribution in [0.1, 0.15) is 11.1 Å². The van der Waals surface area contributed by atoms with Gasteiger partial charge in [-0.25, -0.2) is 8.93 Å². The molecule has 0 aliphatic carbocycles. The summed E-state index contributed by atoms with van der Waals surface area (Å²) in [6.45, 7) is -0.240. The van der Waals surface area contributed by atoms with Crippen LogP contribution in [0.15, 0.2) is 23.1 Å². The van der Waals surface area contributed by atoms with E-state index in [9.17, 15) is 30.6 Å². The lowest BCUT2D eigenvalue weighted by atomic mass is 10.1. The van der Waals surface area contributed by atoms with Crippen LogP contribution in [0.3, 0.4) is 0 Å². The first-order valence-corrected chi connectivity index (χ1v) is 6.05. The molecular formula is C10H9F6NOS. The number of hydrogen-bond acceptors (Lipinski definition) is 1. The van der Waals surface area contributed by atoms with E-state index in [0.29, 0.717) is 0 Å². The van der Waals surface area contributed by atoms with Crippen LogP contribution in [0.25, 0.3) is 0 Å². The fraction of sp³-hybridized carbons (Fsp3) is 0.400. The Kier molecular flexibility index (Phi) is 4.62. The molecule has 1 unspecified atom stereocenters. The maximum atomic E-state index is 12.7. The van der Waals surface area contributed by atoms with Gasteiger partial charge in [0.2, 0.25) is 0 Å². The van der Waals surface area contributed by atoms with E-state index in [2.05, 4.69) is 0 Å². The van der Waals surface area contributed by atoms with Crippen molar-refractivity contribution in [3.8, 4) is 0 Å². The molecule has 0 amide bonds. The van der Waals surface area contributed by atoms with Gasteiger partial charge in [0.25, 0.3) is 0 Å². The summed E-state index contributed by atoms with van der Waals surface area (Å²) in [5.41, 5.74) is -0.940. The molecule has 0 aliphatic heterocycles. The lowest BCUT2D eigenvalue weighted by molar-refractivity contribution is -0.139. The average molecular weight is 305 g/mol. The van der Waals surface area contributed by atoms with Gasteiger partial charge in [-0.15, -0.1) is 0 Å². The summed E-state index contributed by atoms with van der Waals surface area (Å²) < 4.78 is 86.8. The van der Waals surface area contributed by atoms with Crippen molar-refractivity contribution in [3.05, 3.63) is 29.3 Å². The SMILES string of the molecule is Cc1ccc(S(=O)NCC(F)(F)F)c(C(F)(F)F)c1. The summed E-state index contributed by atoms with van der Waals surface area (Å²) in [7, 11) is -2.59. The lowest BCUT2D eigenvalue weighted by Gasteiger charge is -2.14. The van der Waals surface area contributed by atoms with Gasteiger partial charge in [0.15, 0.2) is 0 Å². The molecule has 0 radical (unpaired) electrons. The van der Waals surface area contributed by atoms with E-state index in [1.54, 1.807) is 0 Å². The zero-order valence-corrected chi connectivity index (χ0v) is 10.3. The largest absolute Gasteiger partial charge is 0.417 e. The molecule has 0 fully saturated rings. The Morgan fingerprint density at radius 3 is 2.21 bits per heavy atom. The highest BCUT2D eigenvalue weighted by molar-refractivity contribution is 7.83. The molecule has 0 bridgehead atoms. The molecule has 19 heavy (non-hydrogen) atoms. The molecule has 2 nitrogen and oxygen atoms in total. The van der Waals surface area contributed by atoms with Crippen molar-refractivity contribution in [3.63, 3.8) is 0 Å². The fourth-order valence-electron chi connectivity index (χ4n) is 1.25. The minimum atomic E-state index is -4.78. The van der Waals surface area contributed by atoms with Crippen molar-refractivity contribution < 1.29 is 30.6 Å². The maximum Gasteiger partial charge on any atom is 0.417 e. The van der Waals surface area contributed by atoms with Crippen LogP contribution in [0.4, 0.5) is 26.3 Å². The molecule has 108 valence electrons. The quantitative estimate of drug-likeness (QED) is 0.854. The Labute approximate surface area is 107 Å². The second-order valence-electron chi connectivity index (χ2n) is 3.70. The molecule has 0 aliphatic rings. The monoisotopic (exact) mass is 305 g/mol. The van der Waals surface area contributed by atoms with E-state index in [0.717, 1.165) is 12.1 Å². The van der Waals surface area contributed by atoms with E-state index in [1.807, 2.05) is 0 Å². The van der Waals surface area contributed by atoms with Gasteiger partial charge in [-0.2, -0.15) is 26.3 Å². The molecule has 0 spiro atoms. The summed E-state index contributed by atoms with van der Waals surface area (Å²) >= 11 is 0. The highest BCUT2D eigenvalue weighted by Crippen LogP contribution is 2.34. The van der Waals surface area contributed by atoms with E-state index in [-0.39, 0.29) is 5.56 Å². The van der Waals surface area contributed by atoms with Gasteiger partial charge in [0, 0.05) is 0 Å². The predicted molar refractivity (Wildman–Crippen MR) is 56.6 cm³/mol. The number of halogens is 6. The molecule has 9 heteroatoms. The van der Waals surface area contributed by atoms with Crippen molar-refractivity contribution in [1.29, 1.82) is 0 Å². The summed E-state index contributed by atoms with van der Waals surface area (Å²) in [5, 5.41) is 0. The van der Waals surface area contributed by atoms with Gasteiger partial charge in [0.1, 0.15) is 17.5 Å². The molecule has 0 heterocycles. The lowest BCUT2D eigenvalue weighted by Crippen LogP contribution is -2.31. The number of nitrogens with one attached hydrogen (secondary N) is 1. The van der Waals surface area contributed by atoms with Gasteiger partial charge in [-0.3, -0.25) is 0 Å². The second-order valence-corrected chi connectivity index (χ2v) is 4.97. The number of aryl methyl sites for hydroxylation is 1. The van der Waals surface area contributed by atoms with Gasteiger partial charge in [-0.1, -0.05) is 11.6 Å². The Morgan fingerprint density at radius 2 is 1.74 bits per heavy atom. The van der Waals surface area contributed by atoms with Crippen molar-refractivity contribution in [2.75, 3.05) is 6.54 Å². The third-order valence-electron chi connectivity index (χ3n) is 2.04. The molecule has 1 aromatic rings. The Bertz CT molecular complexity index is 482. The van der Waals surface area contributed by atoms with Crippen LogP contribution in [0.2, 0.25) is 0 Å². The van der Waals surface area contributed by atoms with Crippen molar-refractivity contribution in [2.45, 2.75) is 24.2 Å². The summed E-state index contributed by atoms with van der Waals surface area (Å²) in [5.74, 6) is 0. The second kappa shape index (κ2) is 5.49. The third kappa shape index (κ3) is 4.83. The van der Waals surface area contributed by atoms with Crippen LogP contribution in [-0.2, 0) is 17.2 Å². The fourth-order valence-corrected chi connectivity index (χ4v) is 2.27. The highest BCUT2D eigenvalue weighted by Gasteiger charge is 2.36. The molecular weight excluding hydrogens is 296 g/mol. The Hall–Kier alpha value is -1.09. The highest BCUT2D eigenvalue weighted by atomic mass is 32.2. The Morgan fingerprint density at radius 1 is 1.16 bits per heavy atom. The molecule has 1 N–H and O–H groups in total. The standard InChI is InChI=1S/C10H9F6NOS/c1-6-2-3-8(7(4-6)10(14,15)16)19(18)17-5-9(11,12)13/h2-4,17H,5H2,1H3. The Balaban J connectivity index is 3.03. The zero-order valence-electron chi connectivity index (χ0n) is 9.52. The maximum absolute atomic E-state index is 12.7. The number of alkyl halides is 6. The van der Waals surface area contributed by atoms with E-state index in [4.69, 9.17) is 0 Å². The van der Waals surface area contributed by atoms with Crippen LogP contribution in [0.5, 0.6) is 0 Å². The van der Waals surface area contributed by atoms with Gasteiger partial charge in [0.05, 0.1) is 10.5 Å². The van der Waals surface area contributed by atoms with Crippen molar-refractivity contribution in [2.24, 2.45) is 0 Å². The van der Waals surface area contributed by atoms with Crippen LogP contribution >= 0.6 is 0 Å². The number of benzene rings is 1. The first-order valence-electron chi connectivity index (χ1n) is 4.90. The van der Waals surface area contributed by atoms with Crippen LogP contribution < -0.4 is 4.72 Å². The minimum Gasteiger partial charge on any atom is -0.237 e. The topological polar surface area (TPSA) is 29.1 Å². The van der Waals surface area contributed by atoms with Gasteiger partial charge >= 0.3 is 12.4 Å². The van der Waals surface area contributed by atoms with Gasteiger partial charge in [-0.05, 0) is 19.1 Å². The smallest absolute Gasteiger partial charge is 0.237 e. The van der Waals surface area contributed by atoms with Crippen molar-refractivity contribution in [1.82, 2.24) is 4.72 Å². The molecule has 0 saturated heterocycles.